The van der Waals surface area contributed by atoms with E-state index in [1.807, 2.05) is 0 Å². The van der Waals surface area contributed by atoms with Gasteiger partial charge in [0.25, 0.3) is 11.6 Å². The van der Waals surface area contributed by atoms with Crippen LogP contribution in [0.1, 0.15) is 0 Å². The summed E-state index contributed by atoms with van der Waals surface area (Å²) in [5.41, 5.74) is 0. The van der Waals surface area contributed by atoms with E-state index in [1.165, 1.54) is 0 Å². The Labute approximate surface area is 155 Å². The third kappa shape index (κ3) is 14.1. The maximum Gasteiger partial charge on any atom is 0.454 e. The number of alkyl halides is 12. The topological polar surface area (TPSA) is 106 Å². The molecule has 4 N–H and O–H groups in total. The summed E-state index contributed by atoms with van der Waals surface area (Å²) in [7, 11) is 0. The summed E-state index contributed by atoms with van der Waals surface area (Å²) in [6.45, 7) is 0. The van der Waals surface area contributed by atoms with Gasteiger partial charge < -0.3 is 15.7 Å². The van der Waals surface area contributed by atoms with Crippen LogP contribution in [0.3, 0.4) is 0 Å². The molecule has 5 nitrogen and oxygen atoms in total. The average Bonchev–Trinajstić information content (AvgIpc) is 2.34. The number of rotatable bonds is 2. The van der Waals surface area contributed by atoms with E-state index in [1.54, 1.807) is 0 Å². The number of hydrogen-bond acceptors (Lipinski definition) is 4. The Kier molecular flexibility index (Phi) is 13.4. The number of halogens is 12. The molecule has 0 saturated carbocycles. The van der Waals surface area contributed by atoms with Gasteiger partial charge in [-0.1, -0.05) is 0 Å². The van der Waals surface area contributed by atoms with Crippen molar-refractivity contribution in [3.05, 3.63) is 23.7 Å². The van der Waals surface area contributed by atoms with Gasteiger partial charge in [0.1, 0.15) is 0 Å². The molecule has 0 aromatic carbocycles. The predicted molar refractivity (Wildman–Crippen MR) is 59.3 cm³/mol. The summed E-state index contributed by atoms with van der Waals surface area (Å²) < 4.78 is 136. The first kappa shape index (κ1) is 33.6. The van der Waals surface area contributed by atoms with Crippen molar-refractivity contribution >= 4 is 11.6 Å². The van der Waals surface area contributed by atoms with Crippen molar-refractivity contribution in [2.24, 2.45) is 0 Å². The second-order valence-electron chi connectivity index (χ2n) is 3.78. The van der Waals surface area contributed by atoms with E-state index in [0.29, 0.717) is 0 Å². The largest absolute Gasteiger partial charge is 0.504 e. The van der Waals surface area contributed by atoms with Crippen LogP contribution in [0.25, 0.3) is 0 Å². The molecule has 0 aromatic heterocycles. The molecule has 28 heavy (non-hydrogen) atoms. The Morgan fingerprint density at radius 1 is 0.536 bits per heavy atom. The second kappa shape index (κ2) is 11.1. The predicted octanol–water partition coefficient (Wildman–Crippen LogP) is 3.42. The van der Waals surface area contributed by atoms with Gasteiger partial charge >= 0.3 is 24.7 Å². The monoisotopic (exact) mass is 493 g/mol. The molecule has 0 saturated heterocycles. The molecule has 0 bridgehead atoms. The van der Waals surface area contributed by atoms with Crippen molar-refractivity contribution in [3.8, 4) is 0 Å². The zero-order valence-corrected chi connectivity index (χ0v) is 13.3. The van der Waals surface area contributed by atoms with Gasteiger partial charge in [-0.3, -0.25) is 9.59 Å². The van der Waals surface area contributed by atoms with Gasteiger partial charge in [-0.2, -0.15) is 52.7 Å². The van der Waals surface area contributed by atoms with Crippen LogP contribution >= 0.6 is 0 Å². The first-order chi connectivity index (χ1) is 11.1. The standard InChI is InChI=1S/2C5H2F6O2.Co.H2O/c2*6-4(7,8)2(12)1-3(13)5(9,10)11;;/h2*1,12H;;1H2. The van der Waals surface area contributed by atoms with Gasteiger partial charge in [0, 0.05) is 28.9 Å². The molecule has 0 aliphatic rings. The number of aliphatic hydroxyl groups excluding tert-OH is 2. The minimum Gasteiger partial charge on any atom is -0.504 e. The van der Waals surface area contributed by atoms with Gasteiger partial charge in [-0.15, -0.1) is 0 Å². The van der Waals surface area contributed by atoms with Crippen LogP contribution in [0.4, 0.5) is 52.7 Å². The third-order valence-corrected chi connectivity index (χ3v) is 1.68. The molecule has 0 aliphatic carbocycles. The van der Waals surface area contributed by atoms with Gasteiger partial charge in [0.05, 0.1) is 0 Å². The van der Waals surface area contributed by atoms with Crippen molar-refractivity contribution < 1.29 is 94.7 Å². The van der Waals surface area contributed by atoms with Crippen molar-refractivity contribution in [2.75, 3.05) is 0 Å². The Morgan fingerprint density at radius 3 is 0.821 bits per heavy atom. The number of ketones is 2. The maximum absolute atomic E-state index is 11.4. The van der Waals surface area contributed by atoms with Crippen LogP contribution in [0.15, 0.2) is 23.7 Å². The molecule has 0 fully saturated rings. The molecule has 18 heteroatoms. The molecule has 169 valence electrons. The molecule has 0 unspecified atom stereocenters. The first-order valence-electron chi connectivity index (χ1n) is 5.28. The van der Waals surface area contributed by atoms with E-state index in [4.69, 9.17) is 10.2 Å². The zero-order chi connectivity index (χ0) is 21.7. The Bertz CT molecular complexity index is 530. The van der Waals surface area contributed by atoms with E-state index in [9.17, 15) is 62.3 Å². The number of carbonyl (C=O) groups is 2. The minimum atomic E-state index is -5.42. The average molecular weight is 493 g/mol. The maximum atomic E-state index is 11.4. The number of aliphatic hydroxyl groups is 2. The molecule has 0 aromatic rings. The minimum absolute atomic E-state index is 0. The summed E-state index contributed by atoms with van der Waals surface area (Å²) >= 11 is 0. The Balaban J connectivity index is -0.000000192. The smallest absolute Gasteiger partial charge is 0.454 e. The van der Waals surface area contributed by atoms with Crippen LogP contribution in [0, 0.1) is 0 Å². The van der Waals surface area contributed by atoms with E-state index < -0.39 is 59.9 Å². The van der Waals surface area contributed by atoms with Gasteiger partial charge in [-0.05, 0) is 0 Å². The summed E-state index contributed by atoms with van der Waals surface area (Å²) in [5.74, 6) is -10.7. The van der Waals surface area contributed by atoms with Crippen molar-refractivity contribution in [1.82, 2.24) is 0 Å². The van der Waals surface area contributed by atoms with E-state index in [2.05, 4.69) is 0 Å². The van der Waals surface area contributed by atoms with Crippen molar-refractivity contribution in [1.29, 1.82) is 0 Å². The van der Waals surface area contributed by atoms with Crippen LogP contribution in [-0.4, -0.2) is 52.0 Å². The Morgan fingerprint density at radius 2 is 0.714 bits per heavy atom. The van der Waals surface area contributed by atoms with Crippen LogP contribution in [-0.2, 0) is 26.4 Å². The molecular formula is C10H6CoF12O5. The normalized spacial score (nSPS) is 13.4. The van der Waals surface area contributed by atoms with Gasteiger partial charge in [0.2, 0.25) is 11.5 Å². The molecule has 0 amide bonds. The Hall–Kier alpha value is -1.95. The third-order valence-electron chi connectivity index (χ3n) is 1.68. The van der Waals surface area contributed by atoms with Crippen LogP contribution in [0.5, 0.6) is 0 Å². The fourth-order valence-electron chi connectivity index (χ4n) is 0.576. The first-order valence-corrected chi connectivity index (χ1v) is 5.28. The molecule has 0 aliphatic heterocycles. The number of allylic oxidation sites excluding steroid dienone is 4. The number of carbonyl (C=O) groups excluding carboxylic acids is 2. The number of hydrogen-bond donors (Lipinski definition) is 2. The van der Waals surface area contributed by atoms with Crippen molar-refractivity contribution in [3.63, 3.8) is 0 Å². The fraction of sp³-hybridized carbons (Fsp3) is 0.400. The summed E-state index contributed by atoms with van der Waals surface area (Å²) in [6.07, 6.45) is -23.4. The van der Waals surface area contributed by atoms with E-state index in [-0.39, 0.29) is 22.3 Å². The molecule has 1 radical (unpaired) electrons. The SMILES string of the molecule is O.O=C(C=C(O)C(F)(F)F)C(F)(F)F.O=C(C=C(O)C(F)(F)F)C(F)(F)F.[Co]. The second-order valence-corrected chi connectivity index (χ2v) is 3.78. The molecule has 0 spiro atoms. The fourth-order valence-corrected chi connectivity index (χ4v) is 0.576. The molecule has 0 rings (SSSR count). The van der Waals surface area contributed by atoms with Crippen LogP contribution in [0.2, 0.25) is 0 Å². The van der Waals surface area contributed by atoms with E-state index in [0.717, 1.165) is 0 Å². The van der Waals surface area contributed by atoms with Gasteiger partial charge in [-0.25, -0.2) is 0 Å². The summed E-state index contributed by atoms with van der Waals surface area (Å²) in [6, 6.07) is 0. The van der Waals surface area contributed by atoms with E-state index >= 15 is 0 Å². The zero-order valence-electron chi connectivity index (χ0n) is 12.2. The quantitative estimate of drug-likeness (QED) is 0.350. The van der Waals surface area contributed by atoms with Crippen molar-refractivity contribution in [2.45, 2.75) is 24.7 Å². The molecule has 0 heterocycles. The molecule has 0 atom stereocenters. The molecular weight excluding hydrogens is 487 g/mol. The summed E-state index contributed by atoms with van der Waals surface area (Å²) in [4.78, 5) is 19.7. The summed E-state index contributed by atoms with van der Waals surface area (Å²) in [5, 5.41) is 15.9. The van der Waals surface area contributed by atoms with Gasteiger partial charge in [0.15, 0.2) is 0 Å². The van der Waals surface area contributed by atoms with Crippen LogP contribution < -0.4 is 0 Å².